The number of hydrogen-bond acceptors (Lipinski definition) is 2. The summed E-state index contributed by atoms with van der Waals surface area (Å²) in [7, 11) is 0. The van der Waals surface area contributed by atoms with Gasteiger partial charge in [0.25, 0.3) is 0 Å². The number of halogens is 1. The lowest BCUT2D eigenvalue weighted by molar-refractivity contribution is 1.02. The van der Waals surface area contributed by atoms with Gasteiger partial charge in [0.2, 0.25) is 0 Å². The van der Waals surface area contributed by atoms with E-state index in [1.165, 1.54) is 0 Å². The monoisotopic (exact) mass is 313 g/mol. The van der Waals surface area contributed by atoms with E-state index in [1.807, 2.05) is 65.2 Å². The molecule has 19 heavy (non-hydrogen) atoms. The first-order valence-corrected chi connectivity index (χ1v) is 6.71. The van der Waals surface area contributed by atoms with Gasteiger partial charge in [-0.1, -0.05) is 48.5 Å². The van der Waals surface area contributed by atoms with E-state index in [9.17, 15) is 0 Å². The van der Waals surface area contributed by atoms with Crippen LogP contribution in [0.1, 0.15) is 0 Å². The summed E-state index contributed by atoms with van der Waals surface area (Å²) >= 11 is 3.47. The van der Waals surface area contributed by atoms with Crippen molar-refractivity contribution in [2.75, 3.05) is 5.73 Å². The number of benzene rings is 2. The van der Waals surface area contributed by atoms with Crippen LogP contribution in [0.25, 0.3) is 16.9 Å². The van der Waals surface area contributed by atoms with E-state index < -0.39 is 0 Å². The zero-order chi connectivity index (χ0) is 13.2. The number of imidazole rings is 1. The highest BCUT2D eigenvalue weighted by Crippen LogP contribution is 2.32. The number of anilines is 1. The van der Waals surface area contributed by atoms with Crippen LogP contribution in [0.5, 0.6) is 0 Å². The molecule has 0 aliphatic carbocycles. The molecule has 3 rings (SSSR count). The van der Waals surface area contributed by atoms with E-state index in [2.05, 4.69) is 20.9 Å². The van der Waals surface area contributed by atoms with Crippen LogP contribution in [-0.2, 0) is 0 Å². The molecule has 0 radical (unpaired) electrons. The van der Waals surface area contributed by atoms with Crippen molar-refractivity contribution in [2.45, 2.75) is 0 Å². The first-order chi connectivity index (χ1) is 9.27. The average Bonchev–Trinajstić information content (AvgIpc) is 2.75. The predicted molar refractivity (Wildman–Crippen MR) is 81.1 cm³/mol. The smallest absolute Gasteiger partial charge is 0.184 e. The first kappa shape index (κ1) is 12.0. The third-order valence-electron chi connectivity index (χ3n) is 2.93. The number of nitrogens with zero attached hydrogens (tertiary/aromatic N) is 2. The van der Waals surface area contributed by atoms with Crippen molar-refractivity contribution in [1.82, 2.24) is 9.55 Å². The normalized spacial score (nSPS) is 10.6. The Morgan fingerprint density at radius 1 is 0.895 bits per heavy atom. The molecule has 1 aromatic heterocycles. The minimum absolute atomic E-state index is 0.516. The quantitative estimate of drug-likeness (QED) is 0.780. The third-order valence-corrected chi connectivity index (χ3v) is 3.46. The number of hydrogen-bond donors (Lipinski definition) is 1. The minimum atomic E-state index is 0.516. The first-order valence-electron chi connectivity index (χ1n) is 5.92. The second kappa shape index (κ2) is 4.90. The summed E-state index contributed by atoms with van der Waals surface area (Å²) in [5.74, 6) is 0.516. The summed E-state index contributed by atoms with van der Waals surface area (Å²) in [4.78, 5) is 4.32. The third kappa shape index (κ3) is 2.15. The number of rotatable bonds is 2. The molecular formula is C15H12BrN3. The van der Waals surface area contributed by atoms with Gasteiger partial charge in [0.15, 0.2) is 10.6 Å². The van der Waals surface area contributed by atoms with Gasteiger partial charge in [0.05, 0.1) is 5.69 Å². The van der Waals surface area contributed by atoms with Gasteiger partial charge in [-0.05, 0) is 28.1 Å². The molecule has 94 valence electrons. The molecule has 2 aromatic carbocycles. The van der Waals surface area contributed by atoms with Gasteiger partial charge >= 0.3 is 0 Å². The Morgan fingerprint density at radius 2 is 1.47 bits per heavy atom. The van der Waals surface area contributed by atoms with Crippen molar-refractivity contribution in [2.24, 2.45) is 0 Å². The molecule has 0 spiro atoms. The number of aromatic nitrogens is 2. The molecule has 0 aliphatic heterocycles. The molecule has 0 saturated carbocycles. The van der Waals surface area contributed by atoms with Gasteiger partial charge in [0.1, 0.15) is 0 Å². The topological polar surface area (TPSA) is 43.8 Å². The van der Waals surface area contributed by atoms with E-state index in [-0.39, 0.29) is 0 Å². The molecule has 0 amide bonds. The molecule has 1 heterocycles. The molecule has 0 atom stereocenters. The molecule has 0 bridgehead atoms. The van der Waals surface area contributed by atoms with Crippen molar-refractivity contribution in [1.29, 1.82) is 0 Å². The predicted octanol–water partition coefficient (Wildman–Crippen LogP) is 3.88. The lowest BCUT2D eigenvalue weighted by atomic mass is 10.1. The van der Waals surface area contributed by atoms with Gasteiger partial charge in [-0.3, -0.25) is 4.57 Å². The Labute approximate surface area is 119 Å². The summed E-state index contributed by atoms with van der Waals surface area (Å²) in [6, 6.07) is 20.0. The summed E-state index contributed by atoms with van der Waals surface area (Å²) in [5, 5.41) is 0. The van der Waals surface area contributed by atoms with Crippen LogP contribution in [-0.4, -0.2) is 9.55 Å². The van der Waals surface area contributed by atoms with Crippen molar-refractivity contribution in [3.05, 3.63) is 65.4 Å². The molecule has 0 fully saturated rings. The van der Waals surface area contributed by atoms with Crippen LogP contribution in [0.15, 0.2) is 65.4 Å². The van der Waals surface area contributed by atoms with Crippen LogP contribution >= 0.6 is 15.9 Å². The Hall–Kier alpha value is -2.07. The maximum Gasteiger partial charge on any atom is 0.184 e. The van der Waals surface area contributed by atoms with Crippen molar-refractivity contribution in [3.8, 4) is 16.9 Å². The molecule has 4 heteroatoms. The minimum Gasteiger partial charge on any atom is -0.382 e. The molecule has 2 N–H and O–H groups in total. The Kier molecular flexibility index (Phi) is 3.09. The SMILES string of the molecule is Nc1nc(Br)n(-c2ccccc2)c1-c1ccccc1. The Bertz CT molecular complexity index is 630. The van der Waals surface area contributed by atoms with Crippen LogP contribution < -0.4 is 5.73 Å². The van der Waals surface area contributed by atoms with Crippen LogP contribution in [0.3, 0.4) is 0 Å². The summed E-state index contributed by atoms with van der Waals surface area (Å²) in [6.45, 7) is 0. The molecule has 3 nitrogen and oxygen atoms in total. The van der Waals surface area contributed by atoms with Crippen molar-refractivity contribution >= 4 is 21.7 Å². The summed E-state index contributed by atoms with van der Waals surface area (Å²) in [5.41, 5.74) is 9.02. The molecule has 0 aliphatic rings. The van der Waals surface area contributed by atoms with Gasteiger partial charge in [-0.2, -0.15) is 0 Å². The highest BCUT2D eigenvalue weighted by Gasteiger charge is 2.16. The standard InChI is InChI=1S/C15H12BrN3/c16-15-18-14(17)13(11-7-3-1-4-8-11)19(15)12-9-5-2-6-10-12/h1-10H,17H2. The van der Waals surface area contributed by atoms with Crippen LogP contribution in [0, 0.1) is 0 Å². The second-order valence-corrected chi connectivity index (χ2v) is 4.86. The maximum absolute atomic E-state index is 6.05. The van der Waals surface area contributed by atoms with E-state index in [0.717, 1.165) is 16.9 Å². The highest BCUT2D eigenvalue weighted by atomic mass is 79.9. The van der Waals surface area contributed by atoms with Gasteiger partial charge in [-0.15, -0.1) is 0 Å². The lowest BCUT2D eigenvalue weighted by Gasteiger charge is -2.10. The Balaban J connectivity index is 2.26. The van der Waals surface area contributed by atoms with Crippen LogP contribution in [0.4, 0.5) is 5.82 Å². The van der Waals surface area contributed by atoms with Gasteiger partial charge in [-0.25, -0.2) is 4.98 Å². The Morgan fingerprint density at radius 3 is 2.11 bits per heavy atom. The summed E-state index contributed by atoms with van der Waals surface area (Å²) < 4.78 is 2.71. The zero-order valence-electron chi connectivity index (χ0n) is 10.1. The fraction of sp³-hybridized carbons (Fsp3) is 0. The van der Waals surface area contributed by atoms with Crippen LogP contribution in [0.2, 0.25) is 0 Å². The lowest BCUT2D eigenvalue weighted by Crippen LogP contribution is -1.98. The maximum atomic E-state index is 6.05. The van der Waals surface area contributed by atoms with Crippen molar-refractivity contribution in [3.63, 3.8) is 0 Å². The molecule has 3 aromatic rings. The van der Waals surface area contributed by atoms with E-state index >= 15 is 0 Å². The largest absolute Gasteiger partial charge is 0.382 e. The molecule has 0 unspecified atom stereocenters. The van der Waals surface area contributed by atoms with Gasteiger partial charge < -0.3 is 5.73 Å². The van der Waals surface area contributed by atoms with E-state index in [0.29, 0.717) is 10.6 Å². The number of para-hydroxylation sites is 1. The van der Waals surface area contributed by atoms with Crippen molar-refractivity contribution < 1.29 is 0 Å². The fourth-order valence-electron chi connectivity index (χ4n) is 2.09. The highest BCUT2D eigenvalue weighted by molar-refractivity contribution is 9.10. The average molecular weight is 314 g/mol. The number of nitrogens with two attached hydrogens (primary N) is 1. The molecular weight excluding hydrogens is 302 g/mol. The van der Waals surface area contributed by atoms with Gasteiger partial charge in [0, 0.05) is 11.3 Å². The summed E-state index contributed by atoms with van der Waals surface area (Å²) in [6.07, 6.45) is 0. The van der Waals surface area contributed by atoms with E-state index in [4.69, 9.17) is 5.73 Å². The van der Waals surface area contributed by atoms with E-state index in [1.54, 1.807) is 0 Å². The second-order valence-electron chi connectivity index (χ2n) is 4.15. The fourth-order valence-corrected chi connectivity index (χ4v) is 2.67. The molecule has 0 saturated heterocycles. The number of nitrogen functional groups attached to an aromatic ring is 1. The zero-order valence-corrected chi connectivity index (χ0v) is 11.7.